The summed E-state index contributed by atoms with van der Waals surface area (Å²) in [7, 11) is 0. The molecule has 1 heterocycles. The maximum Gasteiger partial charge on any atom is 0.142 e. The zero-order chi connectivity index (χ0) is 16.1. The summed E-state index contributed by atoms with van der Waals surface area (Å²) >= 11 is 0. The minimum atomic E-state index is 0.246. The van der Waals surface area contributed by atoms with Crippen molar-refractivity contribution in [2.45, 2.75) is 52.1 Å². The first-order valence-corrected chi connectivity index (χ1v) is 8.49. The molecule has 4 heteroatoms. The molecule has 1 aromatic heterocycles. The molecule has 1 aliphatic rings. The smallest absolute Gasteiger partial charge is 0.142 e. The van der Waals surface area contributed by atoms with Crippen LogP contribution in [0.2, 0.25) is 0 Å². The lowest BCUT2D eigenvalue weighted by molar-refractivity contribution is 0.271. The van der Waals surface area contributed by atoms with Crippen molar-refractivity contribution in [1.82, 2.24) is 15.3 Å². The topological polar surface area (TPSA) is 47.0 Å². The highest BCUT2D eigenvalue weighted by atomic mass is 16.5. The fourth-order valence-electron chi connectivity index (χ4n) is 2.99. The third-order valence-corrected chi connectivity index (χ3v) is 4.29. The molecule has 4 nitrogen and oxygen atoms in total. The van der Waals surface area contributed by atoms with E-state index in [1.54, 1.807) is 0 Å². The van der Waals surface area contributed by atoms with E-state index in [-0.39, 0.29) is 6.04 Å². The first-order valence-electron chi connectivity index (χ1n) is 8.49. The lowest BCUT2D eigenvalue weighted by Gasteiger charge is -2.19. The van der Waals surface area contributed by atoms with Gasteiger partial charge in [-0.25, -0.2) is 9.97 Å². The Kier molecular flexibility index (Phi) is 5.23. The highest BCUT2D eigenvalue weighted by Gasteiger charge is 2.15. The number of ether oxygens (including phenoxy) is 1. The van der Waals surface area contributed by atoms with Crippen molar-refractivity contribution in [1.29, 1.82) is 0 Å². The van der Waals surface area contributed by atoms with E-state index in [2.05, 4.69) is 24.1 Å². The third kappa shape index (κ3) is 4.29. The monoisotopic (exact) mass is 311 g/mol. The van der Waals surface area contributed by atoms with Crippen molar-refractivity contribution in [2.24, 2.45) is 0 Å². The van der Waals surface area contributed by atoms with Gasteiger partial charge < -0.3 is 10.1 Å². The molecule has 2 aromatic rings. The quantitative estimate of drug-likeness (QED) is 0.890. The molecule has 1 aromatic carbocycles. The van der Waals surface area contributed by atoms with Gasteiger partial charge in [0.25, 0.3) is 0 Å². The van der Waals surface area contributed by atoms with Crippen molar-refractivity contribution in [3.05, 3.63) is 53.1 Å². The Morgan fingerprint density at radius 2 is 1.91 bits per heavy atom. The maximum atomic E-state index is 5.77. The molecule has 122 valence electrons. The molecule has 0 saturated heterocycles. The van der Waals surface area contributed by atoms with Gasteiger partial charge in [-0.15, -0.1) is 0 Å². The molecule has 1 N–H and O–H groups in total. The van der Waals surface area contributed by atoms with Gasteiger partial charge >= 0.3 is 0 Å². The van der Waals surface area contributed by atoms with Crippen LogP contribution in [0.3, 0.4) is 0 Å². The molecule has 0 aliphatic heterocycles. The second-order valence-corrected chi connectivity index (χ2v) is 6.26. The maximum absolute atomic E-state index is 5.77. The molecule has 1 atom stereocenters. The first-order chi connectivity index (χ1) is 11.2. The van der Waals surface area contributed by atoms with Crippen LogP contribution in [-0.2, 0) is 19.4 Å². The largest absolute Gasteiger partial charge is 0.492 e. The SMILES string of the molecule is Cc1nc(CN[C@@H](C)COc2ccccc2)nc2c1CCCC2. The van der Waals surface area contributed by atoms with E-state index in [0.29, 0.717) is 13.2 Å². The van der Waals surface area contributed by atoms with Crippen LogP contribution in [0.15, 0.2) is 30.3 Å². The Morgan fingerprint density at radius 3 is 2.74 bits per heavy atom. The van der Waals surface area contributed by atoms with Crippen molar-refractivity contribution < 1.29 is 4.74 Å². The summed E-state index contributed by atoms with van der Waals surface area (Å²) in [4.78, 5) is 9.41. The Labute approximate surface area is 138 Å². The molecule has 0 amide bonds. The molecule has 23 heavy (non-hydrogen) atoms. The zero-order valence-electron chi connectivity index (χ0n) is 14.0. The van der Waals surface area contributed by atoms with Gasteiger partial charge in [-0.05, 0) is 57.2 Å². The van der Waals surface area contributed by atoms with Crippen LogP contribution >= 0.6 is 0 Å². The lowest BCUT2D eigenvalue weighted by Crippen LogP contribution is -2.32. The molecule has 0 unspecified atom stereocenters. The number of rotatable bonds is 6. The van der Waals surface area contributed by atoms with Gasteiger partial charge in [0.1, 0.15) is 18.2 Å². The van der Waals surface area contributed by atoms with Gasteiger partial charge in [-0.1, -0.05) is 18.2 Å². The summed E-state index contributed by atoms with van der Waals surface area (Å²) in [6.07, 6.45) is 4.74. The van der Waals surface area contributed by atoms with Crippen LogP contribution in [0.1, 0.15) is 42.5 Å². The normalized spacial score (nSPS) is 15.0. The van der Waals surface area contributed by atoms with Gasteiger partial charge in [0.15, 0.2) is 0 Å². The van der Waals surface area contributed by atoms with Crippen molar-refractivity contribution >= 4 is 0 Å². The minimum Gasteiger partial charge on any atom is -0.492 e. The molecule has 0 spiro atoms. The third-order valence-electron chi connectivity index (χ3n) is 4.29. The van der Waals surface area contributed by atoms with Gasteiger partial charge in [0.05, 0.1) is 6.54 Å². The first kappa shape index (κ1) is 15.9. The van der Waals surface area contributed by atoms with Crippen LogP contribution in [0.4, 0.5) is 0 Å². The molecule has 0 bridgehead atoms. The Bertz CT molecular complexity index is 643. The number of benzene rings is 1. The fourth-order valence-corrected chi connectivity index (χ4v) is 2.99. The number of hydrogen-bond donors (Lipinski definition) is 1. The second-order valence-electron chi connectivity index (χ2n) is 6.26. The van der Waals surface area contributed by atoms with E-state index in [1.165, 1.54) is 24.1 Å². The number of aryl methyl sites for hydroxylation is 2. The highest BCUT2D eigenvalue weighted by molar-refractivity contribution is 5.27. The molecule has 1 aliphatic carbocycles. The summed E-state index contributed by atoms with van der Waals surface area (Å²) in [5.74, 6) is 1.80. The van der Waals surface area contributed by atoms with Gasteiger partial charge in [-0.2, -0.15) is 0 Å². The minimum absolute atomic E-state index is 0.246. The number of fused-ring (bicyclic) bond motifs is 1. The average molecular weight is 311 g/mol. The summed E-state index contributed by atoms with van der Waals surface area (Å²) in [6.45, 7) is 5.55. The van der Waals surface area contributed by atoms with Crippen molar-refractivity contribution in [3.63, 3.8) is 0 Å². The number of para-hydroxylation sites is 1. The Balaban J connectivity index is 1.52. The Morgan fingerprint density at radius 1 is 1.13 bits per heavy atom. The summed E-state index contributed by atoms with van der Waals surface area (Å²) < 4.78 is 5.77. The van der Waals surface area contributed by atoms with Crippen LogP contribution < -0.4 is 10.1 Å². The van der Waals surface area contributed by atoms with E-state index in [9.17, 15) is 0 Å². The predicted molar refractivity (Wildman–Crippen MR) is 91.6 cm³/mol. The second kappa shape index (κ2) is 7.55. The molecule has 3 rings (SSSR count). The molecule has 0 fully saturated rings. The number of nitrogens with zero attached hydrogens (tertiary/aromatic N) is 2. The number of nitrogens with one attached hydrogen (secondary N) is 1. The average Bonchev–Trinajstić information content (AvgIpc) is 2.59. The number of hydrogen-bond acceptors (Lipinski definition) is 4. The summed E-state index contributed by atoms with van der Waals surface area (Å²) in [5, 5.41) is 3.45. The van der Waals surface area contributed by atoms with Crippen molar-refractivity contribution in [3.8, 4) is 5.75 Å². The van der Waals surface area contributed by atoms with E-state index in [4.69, 9.17) is 9.72 Å². The van der Waals surface area contributed by atoms with Crippen LogP contribution in [0, 0.1) is 6.92 Å². The highest BCUT2D eigenvalue weighted by Crippen LogP contribution is 2.21. The van der Waals surface area contributed by atoms with Crippen molar-refractivity contribution in [2.75, 3.05) is 6.61 Å². The van der Waals surface area contributed by atoms with Gasteiger partial charge in [0, 0.05) is 17.4 Å². The zero-order valence-corrected chi connectivity index (χ0v) is 14.0. The van der Waals surface area contributed by atoms with Crippen LogP contribution in [-0.4, -0.2) is 22.6 Å². The lowest BCUT2D eigenvalue weighted by atomic mass is 9.95. The molecular formula is C19H25N3O. The van der Waals surface area contributed by atoms with E-state index >= 15 is 0 Å². The molecule has 0 radical (unpaired) electrons. The van der Waals surface area contributed by atoms with Gasteiger partial charge in [0.2, 0.25) is 0 Å². The predicted octanol–water partition coefficient (Wildman–Crippen LogP) is 3.22. The van der Waals surface area contributed by atoms with E-state index in [1.807, 2.05) is 30.3 Å². The van der Waals surface area contributed by atoms with E-state index in [0.717, 1.165) is 30.1 Å². The molecule has 0 saturated carbocycles. The fraction of sp³-hybridized carbons (Fsp3) is 0.474. The molecular weight excluding hydrogens is 286 g/mol. The Hall–Kier alpha value is -1.94. The van der Waals surface area contributed by atoms with E-state index < -0.39 is 0 Å². The number of aromatic nitrogens is 2. The van der Waals surface area contributed by atoms with Crippen LogP contribution in [0.5, 0.6) is 5.75 Å². The summed E-state index contributed by atoms with van der Waals surface area (Å²) in [5.41, 5.74) is 3.79. The summed E-state index contributed by atoms with van der Waals surface area (Å²) in [6, 6.07) is 10.2. The van der Waals surface area contributed by atoms with Gasteiger partial charge in [-0.3, -0.25) is 0 Å². The van der Waals surface area contributed by atoms with Crippen LogP contribution in [0.25, 0.3) is 0 Å². The standard InChI is InChI=1S/C19H25N3O/c1-14(13-23-16-8-4-3-5-9-16)20-12-19-21-15(2)17-10-6-7-11-18(17)22-19/h3-5,8-9,14,20H,6-7,10-13H2,1-2H3/t14-/m0/s1.